The number of benzene rings is 4. The van der Waals surface area contributed by atoms with Crippen molar-refractivity contribution in [3.05, 3.63) is 114 Å². The Morgan fingerprint density at radius 3 is 2.33 bits per heavy atom. The summed E-state index contributed by atoms with van der Waals surface area (Å²) in [5, 5.41) is 12.7. The Bertz CT molecular complexity index is 1900. The summed E-state index contributed by atoms with van der Waals surface area (Å²) in [6, 6.07) is 32.5. The van der Waals surface area contributed by atoms with E-state index >= 15 is 0 Å². The van der Waals surface area contributed by atoms with Gasteiger partial charge in [-0.25, -0.2) is 13.1 Å². The molecule has 210 valence electrons. The number of aromatic nitrogens is 2. The van der Waals surface area contributed by atoms with Crippen molar-refractivity contribution in [2.75, 3.05) is 16.7 Å². The Kier molecular flexibility index (Phi) is 7.32. The molecule has 0 fully saturated rings. The molecule has 8 nitrogen and oxygen atoms in total. The summed E-state index contributed by atoms with van der Waals surface area (Å²) in [5.41, 5.74) is 9.92. The molecular formula is C32H28N6O2S2. The van der Waals surface area contributed by atoms with Gasteiger partial charge in [0.2, 0.25) is 0 Å². The van der Waals surface area contributed by atoms with E-state index in [1.165, 1.54) is 9.87 Å². The summed E-state index contributed by atoms with van der Waals surface area (Å²) in [7, 11) is -2.16. The topological polar surface area (TPSA) is 91.6 Å². The average Bonchev–Trinajstić information content (AvgIpc) is 3.42. The zero-order valence-corrected chi connectivity index (χ0v) is 24.7. The van der Waals surface area contributed by atoms with E-state index in [1.807, 2.05) is 72.8 Å². The first-order chi connectivity index (χ1) is 20.4. The van der Waals surface area contributed by atoms with E-state index in [2.05, 4.69) is 34.9 Å². The highest BCUT2D eigenvalue weighted by Crippen LogP contribution is 2.47. The van der Waals surface area contributed by atoms with Gasteiger partial charge < -0.3 is 5.32 Å². The van der Waals surface area contributed by atoms with Crippen LogP contribution < -0.4 is 15.0 Å². The lowest BCUT2D eigenvalue weighted by Gasteiger charge is -2.26. The van der Waals surface area contributed by atoms with Gasteiger partial charge in [-0.2, -0.15) is 10.2 Å². The second kappa shape index (κ2) is 11.2. The fourth-order valence-electron chi connectivity index (χ4n) is 4.94. The molecular weight excluding hydrogens is 565 g/mol. The Hall–Kier alpha value is -4.80. The monoisotopic (exact) mass is 592 g/mol. The molecule has 5 aromatic rings. The molecule has 0 unspecified atom stereocenters. The lowest BCUT2D eigenvalue weighted by atomic mass is 10.1. The number of hydrazone groups is 1. The molecule has 0 saturated carbocycles. The summed E-state index contributed by atoms with van der Waals surface area (Å²) < 4.78 is 30.1. The number of anilines is 2. The molecule has 10 heteroatoms. The SMILES string of the molecule is CCc1ccc(NC(=S)N/N=C/c2ccc(-n3nc4c(c3-c3ccccc3)N(C)S(=O)(=O)c3ccccc3-4)cc2)cc1. The molecule has 0 atom stereocenters. The average molecular weight is 593 g/mol. The van der Waals surface area contributed by atoms with Crippen LogP contribution >= 0.6 is 12.2 Å². The molecule has 0 amide bonds. The summed E-state index contributed by atoms with van der Waals surface area (Å²) in [6.45, 7) is 2.12. The quantitative estimate of drug-likeness (QED) is 0.138. The summed E-state index contributed by atoms with van der Waals surface area (Å²) in [5.74, 6) is 0. The minimum atomic E-state index is -3.74. The van der Waals surface area contributed by atoms with Gasteiger partial charge in [0.15, 0.2) is 5.11 Å². The largest absolute Gasteiger partial charge is 0.331 e. The van der Waals surface area contributed by atoms with Gasteiger partial charge in [-0.1, -0.05) is 79.7 Å². The molecule has 0 bridgehead atoms. The zero-order valence-electron chi connectivity index (χ0n) is 23.0. The number of sulfonamides is 1. The second-order valence-electron chi connectivity index (χ2n) is 9.76. The van der Waals surface area contributed by atoms with Crippen molar-refractivity contribution in [3.8, 4) is 28.2 Å². The van der Waals surface area contributed by atoms with Crippen molar-refractivity contribution < 1.29 is 8.42 Å². The molecule has 1 aliphatic rings. The summed E-state index contributed by atoms with van der Waals surface area (Å²) >= 11 is 5.36. The summed E-state index contributed by atoms with van der Waals surface area (Å²) in [6.07, 6.45) is 2.66. The zero-order chi connectivity index (χ0) is 29.3. The molecule has 1 aliphatic heterocycles. The lowest BCUT2D eigenvalue weighted by Crippen LogP contribution is -2.30. The van der Waals surface area contributed by atoms with Gasteiger partial charge in [0, 0.05) is 23.9 Å². The number of nitrogens with one attached hydrogen (secondary N) is 2. The number of hydrogen-bond acceptors (Lipinski definition) is 5. The maximum absolute atomic E-state index is 13.5. The molecule has 42 heavy (non-hydrogen) atoms. The van der Waals surface area contributed by atoms with Crippen molar-refractivity contribution in [3.63, 3.8) is 0 Å². The van der Waals surface area contributed by atoms with Gasteiger partial charge in [0.1, 0.15) is 11.4 Å². The predicted molar refractivity (Wildman–Crippen MR) is 173 cm³/mol. The van der Waals surface area contributed by atoms with Gasteiger partial charge >= 0.3 is 0 Å². The van der Waals surface area contributed by atoms with Crippen LogP contribution in [0.15, 0.2) is 113 Å². The van der Waals surface area contributed by atoms with E-state index in [0.717, 1.165) is 28.9 Å². The maximum atomic E-state index is 13.5. The van der Waals surface area contributed by atoms with Gasteiger partial charge in [-0.3, -0.25) is 9.73 Å². The van der Waals surface area contributed by atoms with Crippen LogP contribution in [0.4, 0.5) is 11.4 Å². The molecule has 0 saturated heterocycles. The first-order valence-electron chi connectivity index (χ1n) is 13.4. The van der Waals surface area contributed by atoms with E-state index in [1.54, 1.807) is 36.1 Å². The minimum Gasteiger partial charge on any atom is -0.331 e. The second-order valence-corrected chi connectivity index (χ2v) is 12.1. The van der Waals surface area contributed by atoms with Gasteiger partial charge in [0.25, 0.3) is 10.0 Å². The van der Waals surface area contributed by atoms with Crippen LogP contribution in [0.3, 0.4) is 0 Å². The standard InChI is InChI=1S/C32H28N6O2S2/c1-3-22-13-17-25(18-14-22)34-32(41)35-33-21-23-15-19-26(20-16-23)38-30(24-9-5-4-6-10-24)31-29(36-38)27-11-7-8-12-28(27)42(39,40)37(31)2/h4-21H,3H2,1-2H3,(H2,34,35,41)/b33-21+. The Morgan fingerprint density at radius 1 is 0.929 bits per heavy atom. The van der Waals surface area contributed by atoms with E-state index in [-0.39, 0.29) is 4.90 Å². The predicted octanol–water partition coefficient (Wildman–Crippen LogP) is 6.23. The number of rotatable bonds is 6. The van der Waals surface area contributed by atoms with E-state index < -0.39 is 10.0 Å². The third-order valence-electron chi connectivity index (χ3n) is 7.14. The fourth-order valence-corrected chi connectivity index (χ4v) is 6.51. The van der Waals surface area contributed by atoms with Gasteiger partial charge in [-0.15, -0.1) is 0 Å². The van der Waals surface area contributed by atoms with Crippen LogP contribution in [0.25, 0.3) is 28.2 Å². The molecule has 2 heterocycles. The third-order valence-corrected chi connectivity index (χ3v) is 9.15. The Morgan fingerprint density at radius 2 is 1.62 bits per heavy atom. The normalized spacial score (nSPS) is 13.4. The number of aryl methyl sites for hydroxylation is 1. The first kappa shape index (κ1) is 27.4. The molecule has 1 aromatic heterocycles. The molecule has 4 aromatic carbocycles. The number of hydrogen-bond donors (Lipinski definition) is 2. The summed E-state index contributed by atoms with van der Waals surface area (Å²) in [4.78, 5) is 0.244. The van der Waals surface area contributed by atoms with Gasteiger partial charge in [0.05, 0.1) is 22.5 Å². The van der Waals surface area contributed by atoms with Crippen LogP contribution in [-0.2, 0) is 16.4 Å². The Balaban J connectivity index is 1.30. The van der Waals surface area contributed by atoms with Crippen LogP contribution in [0.5, 0.6) is 0 Å². The van der Waals surface area contributed by atoms with Crippen molar-refractivity contribution in [1.29, 1.82) is 0 Å². The highest BCUT2D eigenvalue weighted by Gasteiger charge is 2.38. The van der Waals surface area contributed by atoms with E-state index in [0.29, 0.717) is 27.8 Å². The molecule has 0 aliphatic carbocycles. The molecule has 6 rings (SSSR count). The first-order valence-corrected chi connectivity index (χ1v) is 15.3. The fraction of sp³-hybridized carbons (Fsp3) is 0.0938. The van der Waals surface area contributed by atoms with Crippen molar-refractivity contribution >= 4 is 44.9 Å². The van der Waals surface area contributed by atoms with Crippen LogP contribution in [-0.4, -0.2) is 36.6 Å². The highest BCUT2D eigenvalue weighted by molar-refractivity contribution is 7.93. The number of nitrogens with zero attached hydrogens (tertiary/aromatic N) is 4. The molecule has 2 N–H and O–H groups in total. The van der Waals surface area contributed by atoms with E-state index in [9.17, 15) is 8.42 Å². The highest BCUT2D eigenvalue weighted by atomic mass is 32.2. The van der Waals surface area contributed by atoms with Gasteiger partial charge in [-0.05, 0) is 60.1 Å². The minimum absolute atomic E-state index is 0.244. The van der Waals surface area contributed by atoms with Crippen molar-refractivity contribution in [2.24, 2.45) is 5.10 Å². The van der Waals surface area contributed by atoms with Crippen molar-refractivity contribution in [1.82, 2.24) is 15.2 Å². The van der Waals surface area contributed by atoms with Crippen LogP contribution in [0.2, 0.25) is 0 Å². The molecule has 0 spiro atoms. The third kappa shape index (κ3) is 5.06. The smallest absolute Gasteiger partial charge is 0.264 e. The van der Waals surface area contributed by atoms with Crippen molar-refractivity contribution in [2.45, 2.75) is 18.2 Å². The number of fused-ring (bicyclic) bond motifs is 3. The van der Waals surface area contributed by atoms with E-state index in [4.69, 9.17) is 17.3 Å². The number of thiocarbonyl (C=S) groups is 1. The lowest BCUT2D eigenvalue weighted by molar-refractivity contribution is 0.594. The molecule has 0 radical (unpaired) electrons. The maximum Gasteiger partial charge on any atom is 0.264 e. The van der Waals surface area contributed by atoms with Crippen LogP contribution in [0.1, 0.15) is 18.1 Å². The Labute approximate surface area is 250 Å². The van der Waals surface area contributed by atoms with Crippen LogP contribution in [0, 0.1) is 0 Å².